The number of rotatable bonds is 7. The minimum absolute atomic E-state index is 0.196. The van der Waals surface area contributed by atoms with Gasteiger partial charge in [0.05, 0.1) is 41.8 Å². The van der Waals surface area contributed by atoms with E-state index in [0.717, 1.165) is 0 Å². The number of carbonyl (C=O) groups excluding carboxylic acids is 1. The van der Waals surface area contributed by atoms with Crippen LogP contribution >= 0.6 is 23.4 Å². The van der Waals surface area contributed by atoms with E-state index in [2.05, 4.69) is 10.3 Å². The van der Waals surface area contributed by atoms with Gasteiger partial charge in [-0.2, -0.15) is 0 Å². The summed E-state index contributed by atoms with van der Waals surface area (Å²) >= 11 is 7.25. The number of ether oxygens (including phenoxy) is 1. The first-order chi connectivity index (χ1) is 15.5. The SMILES string of the molecule is COc1ccc(Cl)cc1NC(=O)[C@@H](C)Sc1nc2ccccc2c(=O)n1Cc1ccco1. The lowest BCUT2D eigenvalue weighted by Crippen LogP contribution is -2.27. The molecule has 4 aromatic rings. The van der Waals surface area contributed by atoms with Gasteiger partial charge in [0.1, 0.15) is 11.5 Å². The number of fused-ring (bicyclic) bond motifs is 1. The molecule has 0 bridgehead atoms. The van der Waals surface area contributed by atoms with Crippen LogP contribution in [-0.4, -0.2) is 27.8 Å². The van der Waals surface area contributed by atoms with E-state index < -0.39 is 5.25 Å². The van der Waals surface area contributed by atoms with Crippen molar-refractivity contribution in [2.45, 2.75) is 23.9 Å². The van der Waals surface area contributed by atoms with E-state index in [1.165, 1.54) is 23.4 Å². The molecule has 2 heterocycles. The number of para-hydroxylation sites is 1. The zero-order valence-electron chi connectivity index (χ0n) is 17.4. The third kappa shape index (κ3) is 4.66. The van der Waals surface area contributed by atoms with Crippen LogP contribution in [0.2, 0.25) is 5.02 Å². The number of hydrogen-bond acceptors (Lipinski definition) is 6. The maximum absolute atomic E-state index is 13.2. The molecule has 1 amide bonds. The topological polar surface area (TPSA) is 86.4 Å². The van der Waals surface area contributed by atoms with E-state index in [4.69, 9.17) is 20.8 Å². The predicted molar refractivity (Wildman–Crippen MR) is 126 cm³/mol. The van der Waals surface area contributed by atoms with E-state index in [1.54, 1.807) is 61.7 Å². The minimum atomic E-state index is -0.561. The normalized spacial score (nSPS) is 12.0. The van der Waals surface area contributed by atoms with Gasteiger partial charge in [-0.15, -0.1) is 0 Å². The van der Waals surface area contributed by atoms with Gasteiger partial charge in [0.15, 0.2) is 5.16 Å². The number of hydrogen-bond donors (Lipinski definition) is 1. The van der Waals surface area contributed by atoms with Gasteiger partial charge >= 0.3 is 0 Å². The molecule has 1 N–H and O–H groups in total. The van der Waals surface area contributed by atoms with E-state index in [9.17, 15) is 9.59 Å². The lowest BCUT2D eigenvalue weighted by molar-refractivity contribution is -0.115. The Labute approximate surface area is 193 Å². The quantitative estimate of drug-likeness (QED) is 0.308. The van der Waals surface area contributed by atoms with E-state index in [-0.39, 0.29) is 18.0 Å². The average Bonchev–Trinajstić information content (AvgIpc) is 3.30. The Bertz CT molecular complexity index is 1320. The minimum Gasteiger partial charge on any atom is -0.495 e. The average molecular weight is 470 g/mol. The summed E-state index contributed by atoms with van der Waals surface area (Å²) in [5.74, 6) is 0.841. The van der Waals surface area contributed by atoms with E-state index in [0.29, 0.717) is 38.3 Å². The highest BCUT2D eigenvalue weighted by Gasteiger charge is 2.21. The molecule has 0 fully saturated rings. The van der Waals surface area contributed by atoms with Gasteiger partial charge in [-0.05, 0) is 49.4 Å². The molecule has 0 aliphatic heterocycles. The van der Waals surface area contributed by atoms with Gasteiger partial charge in [0.2, 0.25) is 5.91 Å². The summed E-state index contributed by atoms with van der Waals surface area (Å²) < 4.78 is 12.2. The molecule has 2 aromatic heterocycles. The summed E-state index contributed by atoms with van der Waals surface area (Å²) in [6, 6.07) is 15.7. The molecular weight excluding hydrogens is 450 g/mol. The lowest BCUT2D eigenvalue weighted by Gasteiger charge is -2.17. The molecule has 1 atom stereocenters. The second kappa shape index (κ2) is 9.50. The first-order valence-corrected chi connectivity index (χ1v) is 11.0. The number of carbonyl (C=O) groups is 1. The summed E-state index contributed by atoms with van der Waals surface area (Å²) in [4.78, 5) is 30.7. The van der Waals surface area contributed by atoms with E-state index in [1.807, 2.05) is 6.07 Å². The highest BCUT2D eigenvalue weighted by atomic mass is 35.5. The zero-order valence-corrected chi connectivity index (χ0v) is 18.9. The Balaban J connectivity index is 1.65. The molecule has 7 nitrogen and oxygen atoms in total. The summed E-state index contributed by atoms with van der Waals surface area (Å²) in [5.41, 5.74) is 0.843. The molecule has 32 heavy (non-hydrogen) atoms. The molecule has 0 aliphatic rings. The molecule has 0 spiro atoms. The van der Waals surface area contributed by atoms with Crippen molar-refractivity contribution in [3.8, 4) is 5.75 Å². The maximum atomic E-state index is 13.2. The fraction of sp³-hybridized carbons (Fsp3) is 0.174. The lowest BCUT2D eigenvalue weighted by atomic mass is 10.2. The molecule has 0 saturated carbocycles. The molecule has 0 saturated heterocycles. The van der Waals surface area contributed by atoms with Crippen LogP contribution < -0.4 is 15.6 Å². The Morgan fingerprint density at radius 1 is 1.25 bits per heavy atom. The van der Waals surface area contributed by atoms with Crippen LogP contribution in [0.3, 0.4) is 0 Å². The van der Waals surface area contributed by atoms with Gasteiger partial charge in [-0.25, -0.2) is 4.98 Å². The summed E-state index contributed by atoms with van der Waals surface area (Å²) in [7, 11) is 1.52. The molecule has 0 aliphatic carbocycles. The Morgan fingerprint density at radius 2 is 2.06 bits per heavy atom. The fourth-order valence-corrected chi connectivity index (χ4v) is 4.24. The van der Waals surface area contributed by atoms with Crippen molar-refractivity contribution in [1.29, 1.82) is 0 Å². The number of aromatic nitrogens is 2. The zero-order chi connectivity index (χ0) is 22.7. The van der Waals surface area contributed by atoms with Crippen LogP contribution in [0.25, 0.3) is 10.9 Å². The van der Waals surface area contributed by atoms with Crippen molar-refractivity contribution in [2.24, 2.45) is 0 Å². The number of benzene rings is 2. The number of thioether (sulfide) groups is 1. The van der Waals surface area contributed by atoms with Crippen molar-refractivity contribution < 1.29 is 13.9 Å². The van der Waals surface area contributed by atoms with Crippen molar-refractivity contribution in [3.63, 3.8) is 0 Å². The third-order valence-corrected chi connectivity index (χ3v) is 6.12. The first kappa shape index (κ1) is 22.0. The largest absolute Gasteiger partial charge is 0.495 e. The monoisotopic (exact) mass is 469 g/mol. The van der Waals surface area contributed by atoms with Crippen molar-refractivity contribution in [1.82, 2.24) is 9.55 Å². The second-order valence-electron chi connectivity index (χ2n) is 6.98. The number of amides is 1. The maximum Gasteiger partial charge on any atom is 0.262 e. The molecule has 2 aromatic carbocycles. The summed E-state index contributed by atoms with van der Waals surface area (Å²) in [5, 5.41) is 3.68. The van der Waals surface area contributed by atoms with Crippen LogP contribution in [0.15, 0.2) is 75.2 Å². The van der Waals surface area contributed by atoms with Crippen LogP contribution in [-0.2, 0) is 11.3 Å². The molecule has 164 valence electrons. The molecule has 0 unspecified atom stereocenters. The van der Waals surface area contributed by atoms with Gasteiger partial charge in [0, 0.05) is 5.02 Å². The third-order valence-electron chi connectivity index (χ3n) is 4.79. The van der Waals surface area contributed by atoms with E-state index >= 15 is 0 Å². The predicted octanol–water partition coefficient (Wildman–Crippen LogP) is 4.82. The van der Waals surface area contributed by atoms with Gasteiger partial charge in [-0.3, -0.25) is 14.2 Å². The number of furan rings is 1. The Kier molecular flexibility index (Phi) is 6.53. The highest BCUT2D eigenvalue weighted by molar-refractivity contribution is 8.00. The highest BCUT2D eigenvalue weighted by Crippen LogP contribution is 2.29. The summed E-state index contributed by atoms with van der Waals surface area (Å²) in [6.07, 6.45) is 1.55. The first-order valence-electron chi connectivity index (χ1n) is 9.79. The van der Waals surface area contributed by atoms with Crippen LogP contribution in [0.5, 0.6) is 5.75 Å². The molecule has 9 heteroatoms. The Hall–Kier alpha value is -3.23. The molecular formula is C23H20ClN3O4S. The molecule has 0 radical (unpaired) electrons. The smallest absolute Gasteiger partial charge is 0.262 e. The molecule has 4 rings (SSSR count). The van der Waals surface area contributed by atoms with Crippen molar-refractivity contribution in [2.75, 3.05) is 12.4 Å². The summed E-state index contributed by atoms with van der Waals surface area (Å²) in [6.45, 7) is 1.96. The number of methoxy groups -OCH3 is 1. The van der Waals surface area contributed by atoms with Crippen molar-refractivity contribution >= 4 is 45.9 Å². The van der Waals surface area contributed by atoms with Crippen LogP contribution in [0, 0.1) is 0 Å². The number of nitrogens with one attached hydrogen (secondary N) is 1. The number of anilines is 1. The fourth-order valence-electron chi connectivity index (χ4n) is 3.16. The van der Waals surface area contributed by atoms with Crippen LogP contribution in [0.1, 0.15) is 12.7 Å². The van der Waals surface area contributed by atoms with Gasteiger partial charge < -0.3 is 14.5 Å². The van der Waals surface area contributed by atoms with Crippen molar-refractivity contribution in [3.05, 3.63) is 82.0 Å². The standard InChI is InChI=1S/C23H20ClN3O4S/c1-14(21(28)25-19-12-15(24)9-10-20(19)30-2)32-23-26-18-8-4-3-7-17(18)22(29)27(23)13-16-6-5-11-31-16/h3-12,14H,13H2,1-2H3,(H,25,28)/t14-/m1/s1. The van der Waals surface area contributed by atoms with Gasteiger partial charge in [0.25, 0.3) is 5.56 Å². The van der Waals surface area contributed by atoms with Crippen LogP contribution in [0.4, 0.5) is 5.69 Å². The number of halogens is 1. The van der Waals surface area contributed by atoms with Gasteiger partial charge in [-0.1, -0.05) is 35.5 Å². The number of nitrogens with zero attached hydrogens (tertiary/aromatic N) is 2. The Morgan fingerprint density at radius 3 is 2.81 bits per heavy atom. The second-order valence-corrected chi connectivity index (χ2v) is 8.72.